The Morgan fingerprint density at radius 3 is 2.43 bits per heavy atom. The summed E-state index contributed by atoms with van der Waals surface area (Å²) in [4.78, 5) is 0. The highest BCUT2D eigenvalue weighted by molar-refractivity contribution is 7.51. The van der Waals surface area contributed by atoms with Crippen molar-refractivity contribution in [3.05, 3.63) is 48.0 Å². The summed E-state index contributed by atoms with van der Waals surface area (Å²) in [7, 11) is -3.22. The van der Waals surface area contributed by atoms with Gasteiger partial charge in [-0.25, -0.2) is 9.24 Å². The van der Waals surface area contributed by atoms with Crippen molar-refractivity contribution in [1.29, 1.82) is 0 Å². The van der Waals surface area contributed by atoms with Crippen LogP contribution < -0.4 is 0 Å². The third kappa shape index (κ3) is 4.52. The van der Waals surface area contributed by atoms with E-state index in [1.165, 1.54) is 0 Å². The lowest BCUT2D eigenvalue weighted by Crippen LogP contribution is -2.34. The van der Waals surface area contributed by atoms with E-state index in [2.05, 4.69) is 0 Å². The summed E-state index contributed by atoms with van der Waals surface area (Å²) in [5.41, 5.74) is 1.00. The normalized spacial score (nSPS) is 21.0. The van der Waals surface area contributed by atoms with E-state index in [1.54, 1.807) is 4.67 Å². The second-order valence-corrected chi connectivity index (χ2v) is 8.10. The minimum absolute atomic E-state index is 0.0904. The van der Waals surface area contributed by atoms with Gasteiger partial charge in [0.1, 0.15) is 0 Å². The van der Waals surface area contributed by atoms with Gasteiger partial charge in [-0.2, -0.15) is 0 Å². The first-order valence-electron chi connectivity index (χ1n) is 7.25. The smallest absolute Gasteiger partial charge is 0.296 e. The molecule has 0 atom stereocenters. The molecule has 0 N–H and O–H groups in total. The highest BCUT2D eigenvalue weighted by Crippen LogP contribution is 2.57. The first kappa shape index (κ1) is 16.4. The fraction of sp³-hybridized carbons (Fsp3) is 0.500. The fourth-order valence-electron chi connectivity index (χ4n) is 2.03. The molecule has 4 nitrogen and oxygen atoms in total. The predicted molar refractivity (Wildman–Crippen MR) is 85.0 cm³/mol. The van der Waals surface area contributed by atoms with Crippen LogP contribution in [0.2, 0.25) is 0 Å². The summed E-state index contributed by atoms with van der Waals surface area (Å²) in [5, 5.41) is 0. The van der Waals surface area contributed by atoms with Crippen molar-refractivity contribution >= 4 is 7.75 Å². The topological polar surface area (TPSA) is 38.8 Å². The molecule has 0 amide bonds. The average Bonchev–Trinajstić information content (AvgIpc) is 2.48. The molecule has 0 saturated carbocycles. The summed E-state index contributed by atoms with van der Waals surface area (Å²) < 4.78 is 26.0. The Labute approximate surface area is 127 Å². The summed E-state index contributed by atoms with van der Waals surface area (Å²) in [6.07, 6.45) is 3.91. The van der Waals surface area contributed by atoms with Gasteiger partial charge in [0.15, 0.2) is 0 Å². The number of hydrogen-bond donors (Lipinski definition) is 0. The summed E-state index contributed by atoms with van der Waals surface area (Å²) in [6, 6.07) is 9.96. The second-order valence-electron chi connectivity index (χ2n) is 6.08. The van der Waals surface area contributed by atoms with Crippen LogP contribution in [-0.4, -0.2) is 24.4 Å². The second kappa shape index (κ2) is 6.89. The molecular weight excluding hydrogens is 285 g/mol. The van der Waals surface area contributed by atoms with E-state index in [9.17, 15) is 4.57 Å². The molecular formula is C16H24NO3P. The monoisotopic (exact) mass is 309 g/mol. The first-order valence-corrected chi connectivity index (χ1v) is 8.74. The maximum absolute atomic E-state index is 13.0. The molecule has 0 bridgehead atoms. The van der Waals surface area contributed by atoms with Crippen molar-refractivity contribution in [2.75, 3.05) is 19.8 Å². The Balaban J connectivity index is 2.14. The van der Waals surface area contributed by atoms with Gasteiger partial charge in [0.2, 0.25) is 0 Å². The third-order valence-electron chi connectivity index (χ3n) is 3.34. The average molecular weight is 309 g/mol. The van der Waals surface area contributed by atoms with Gasteiger partial charge in [0.05, 0.1) is 13.2 Å². The molecule has 0 unspecified atom stereocenters. The van der Waals surface area contributed by atoms with E-state index in [1.807, 2.05) is 63.3 Å². The zero-order valence-corrected chi connectivity index (χ0v) is 13.9. The van der Waals surface area contributed by atoms with E-state index >= 15 is 0 Å². The Morgan fingerprint density at radius 1 is 1.24 bits per heavy atom. The number of hydrogen-bond acceptors (Lipinski definition) is 3. The van der Waals surface area contributed by atoms with Crippen molar-refractivity contribution in [1.82, 2.24) is 4.67 Å². The van der Waals surface area contributed by atoms with E-state index in [-0.39, 0.29) is 5.41 Å². The number of benzene rings is 1. The lowest BCUT2D eigenvalue weighted by Gasteiger charge is -2.38. The van der Waals surface area contributed by atoms with Crippen molar-refractivity contribution < 1.29 is 13.6 Å². The lowest BCUT2D eigenvalue weighted by molar-refractivity contribution is 0.0213. The molecule has 2 rings (SSSR count). The van der Waals surface area contributed by atoms with E-state index in [0.29, 0.717) is 26.3 Å². The van der Waals surface area contributed by atoms with Crippen molar-refractivity contribution in [2.24, 2.45) is 5.41 Å². The summed E-state index contributed by atoms with van der Waals surface area (Å²) in [5.74, 6) is 0. The minimum atomic E-state index is -3.22. The molecule has 1 aliphatic heterocycles. The van der Waals surface area contributed by atoms with Crippen LogP contribution in [0.3, 0.4) is 0 Å². The van der Waals surface area contributed by atoms with Gasteiger partial charge in [0, 0.05) is 18.5 Å². The third-order valence-corrected chi connectivity index (χ3v) is 5.25. The van der Waals surface area contributed by atoms with Gasteiger partial charge < -0.3 is 0 Å². The SMILES string of the molecule is C/C=C/CN(Cc1ccccc1)P1(=O)OCC(C)(C)CO1. The van der Waals surface area contributed by atoms with Crippen LogP contribution in [0.15, 0.2) is 42.5 Å². The van der Waals surface area contributed by atoms with E-state index in [4.69, 9.17) is 9.05 Å². The van der Waals surface area contributed by atoms with Crippen LogP contribution in [0.4, 0.5) is 0 Å². The van der Waals surface area contributed by atoms with E-state index in [0.717, 1.165) is 5.56 Å². The highest BCUT2D eigenvalue weighted by atomic mass is 31.2. The maximum Gasteiger partial charge on any atom is 0.408 e. The summed E-state index contributed by atoms with van der Waals surface area (Å²) >= 11 is 0. The van der Waals surface area contributed by atoms with Gasteiger partial charge in [-0.15, -0.1) is 0 Å². The number of nitrogens with zero attached hydrogens (tertiary/aromatic N) is 1. The molecule has 1 aliphatic rings. The highest BCUT2D eigenvalue weighted by Gasteiger charge is 2.41. The van der Waals surface area contributed by atoms with Gasteiger partial charge in [-0.3, -0.25) is 9.05 Å². The minimum Gasteiger partial charge on any atom is -0.296 e. The molecule has 1 saturated heterocycles. The summed E-state index contributed by atoms with van der Waals surface area (Å²) in [6.45, 7) is 8.03. The zero-order chi connectivity index (χ0) is 15.3. The fourth-order valence-corrected chi connectivity index (χ4v) is 4.08. The quantitative estimate of drug-likeness (QED) is 0.602. The van der Waals surface area contributed by atoms with Gasteiger partial charge in [-0.05, 0) is 12.5 Å². The zero-order valence-electron chi connectivity index (χ0n) is 13.0. The van der Waals surface area contributed by atoms with Crippen LogP contribution >= 0.6 is 7.75 Å². The molecule has 1 aromatic rings. The lowest BCUT2D eigenvalue weighted by atomic mass is 9.97. The maximum atomic E-state index is 13.0. The van der Waals surface area contributed by atoms with Gasteiger partial charge >= 0.3 is 7.75 Å². The Bertz CT molecular complexity index is 514. The molecule has 1 heterocycles. The van der Waals surface area contributed by atoms with Crippen LogP contribution in [0.5, 0.6) is 0 Å². The molecule has 5 heteroatoms. The molecule has 21 heavy (non-hydrogen) atoms. The Hall–Kier alpha value is -0.930. The molecule has 1 fully saturated rings. The Morgan fingerprint density at radius 2 is 1.86 bits per heavy atom. The number of allylic oxidation sites excluding steroid dienone is 1. The Kier molecular flexibility index (Phi) is 5.39. The first-order chi connectivity index (χ1) is 9.95. The van der Waals surface area contributed by atoms with E-state index < -0.39 is 7.75 Å². The molecule has 0 aromatic heterocycles. The van der Waals surface area contributed by atoms with Crippen LogP contribution in [-0.2, 0) is 20.2 Å². The molecule has 0 radical (unpaired) electrons. The van der Waals surface area contributed by atoms with Crippen LogP contribution in [0.25, 0.3) is 0 Å². The van der Waals surface area contributed by atoms with Gasteiger partial charge in [-0.1, -0.05) is 56.3 Å². The molecule has 0 spiro atoms. The van der Waals surface area contributed by atoms with Crippen molar-refractivity contribution in [3.8, 4) is 0 Å². The molecule has 116 valence electrons. The number of rotatable bonds is 5. The van der Waals surface area contributed by atoms with Crippen molar-refractivity contribution in [2.45, 2.75) is 27.3 Å². The largest absolute Gasteiger partial charge is 0.408 e. The van der Waals surface area contributed by atoms with Gasteiger partial charge in [0.25, 0.3) is 0 Å². The molecule has 0 aliphatic carbocycles. The van der Waals surface area contributed by atoms with Crippen LogP contribution in [0.1, 0.15) is 26.3 Å². The standard InChI is InChI=1S/C16H24NO3P/c1-4-5-11-17(12-15-9-7-6-8-10-15)21(18)19-13-16(2,3)14-20-21/h4-10H,11-14H2,1-3H3/b5-4+. The van der Waals surface area contributed by atoms with Crippen molar-refractivity contribution in [3.63, 3.8) is 0 Å². The van der Waals surface area contributed by atoms with Crippen LogP contribution in [0, 0.1) is 5.41 Å². The predicted octanol–water partition coefficient (Wildman–Crippen LogP) is 4.25. The molecule has 1 aromatic carbocycles.